The van der Waals surface area contributed by atoms with Crippen LogP contribution < -0.4 is 5.32 Å². The summed E-state index contributed by atoms with van der Waals surface area (Å²) in [6, 6.07) is 15.0. The van der Waals surface area contributed by atoms with Crippen LogP contribution in [-0.4, -0.2) is 6.54 Å². The van der Waals surface area contributed by atoms with Crippen molar-refractivity contribution in [3.8, 4) is 10.4 Å². The van der Waals surface area contributed by atoms with E-state index in [2.05, 4.69) is 67.7 Å². The molecule has 1 aromatic carbocycles. The van der Waals surface area contributed by atoms with Crippen molar-refractivity contribution < 1.29 is 0 Å². The second-order valence-electron chi connectivity index (χ2n) is 4.54. The molecule has 2 rings (SSSR count). The van der Waals surface area contributed by atoms with Gasteiger partial charge >= 0.3 is 0 Å². The molecule has 0 aliphatic heterocycles. The van der Waals surface area contributed by atoms with Gasteiger partial charge in [-0.3, -0.25) is 0 Å². The van der Waals surface area contributed by atoms with E-state index >= 15 is 0 Å². The van der Waals surface area contributed by atoms with E-state index in [-0.39, 0.29) is 0 Å². The second kappa shape index (κ2) is 6.53. The lowest BCUT2D eigenvalue weighted by Gasteiger charge is -1.99. The van der Waals surface area contributed by atoms with Crippen molar-refractivity contribution in [3.63, 3.8) is 0 Å². The Labute approximate surface area is 113 Å². The maximum atomic E-state index is 3.43. The smallest absolute Gasteiger partial charge is 0.0346 e. The summed E-state index contributed by atoms with van der Waals surface area (Å²) in [7, 11) is 0. The summed E-state index contributed by atoms with van der Waals surface area (Å²) in [5.74, 6) is 0. The summed E-state index contributed by atoms with van der Waals surface area (Å²) in [6.07, 6.45) is 2.21. The zero-order valence-corrected chi connectivity index (χ0v) is 11.8. The van der Waals surface area contributed by atoms with E-state index in [4.69, 9.17) is 0 Å². The molecule has 0 radical (unpaired) electrons. The van der Waals surface area contributed by atoms with Crippen molar-refractivity contribution in [2.75, 3.05) is 6.54 Å². The Morgan fingerprint density at radius 1 is 1.11 bits per heavy atom. The number of nitrogens with one attached hydrogen (secondary N) is 1. The van der Waals surface area contributed by atoms with Crippen molar-refractivity contribution >= 4 is 11.3 Å². The maximum absolute atomic E-state index is 3.43. The van der Waals surface area contributed by atoms with Crippen LogP contribution in [0.4, 0.5) is 0 Å². The summed E-state index contributed by atoms with van der Waals surface area (Å²) < 4.78 is 0. The van der Waals surface area contributed by atoms with E-state index in [1.165, 1.54) is 20.9 Å². The first-order chi connectivity index (χ1) is 8.75. The maximum Gasteiger partial charge on any atom is 0.0346 e. The normalized spacial score (nSPS) is 10.3. The molecule has 0 amide bonds. The van der Waals surface area contributed by atoms with Crippen molar-refractivity contribution in [2.24, 2.45) is 0 Å². The minimum absolute atomic E-state index is 0.945. The lowest BCUT2D eigenvalue weighted by Crippen LogP contribution is -2.11. The van der Waals surface area contributed by atoms with Crippen LogP contribution in [-0.2, 0) is 6.54 Å². The largest absolute Gasteiger partial charge is 0.308 e. The fraction of sp³-hybridized carbons (Fsp3) is 0.250. The van der Waals surface area contributed by atoms with Crippen LogP contribution in [0.1, 0.15) is 18.7 Å². The Morgan fingerprint density at radius 3 is 2.61 bits per heavy atom. The molecule has 2 heteroatoms. The Balaban J connectivity index is 1.93. The van der Waals surface area contributed by atoms with Crippen molar-refractivity contribution in [2.45, 2.75) is 20.4 Å². The average Bonchev–Trinajstić information content (AvgIpc) is 2.84. The molecule has 0 spiro atoms. The minimum Gasteiger partial charge on any atom is -0.308 e. The SMILES string of the molecule is CC(C)=CCNCc1ccc(-c2ccccc2)s1. The van der Waals surface area contributed by atoms with E-state index in [0.29, 0.717) is 0 Å². The second-order valence-corrected chi connectivity index (χ2v) is 5.71. The molecule has 0 saturated carbocycles. The van der Waals surface area contributed by atoms with E-state index in [9.17, 15) is 0 Å². The molecule has 0 bridgehead atoms. The third-order valence-electron chi connectivity index (χ3n) is 2.67. The standard InChI is InChI=1S/C16H19NS/c1-13(2)10-11-17-12-15-8-9-16(18-15)14-6-4-3-5-7-14/h3-10,17H,11-12H2,1-2H3. The molecule has 1 aromatic heterocycles. The first kappa shape index (κ1) is 13.1. The van der Waals surface area contributed by atoms with E-state index < -0.39 is 0 Å². The van der Waals surface area contributed by atoms with Gasteiger partial charge in [0.05, 0.1) is 0 Å². The fourth-order valence-corrected chi connectivity index (χ4v) is 2.68. The molecule has 0 unspecified atom stereocenters. The van der Waals surface area contributed by atoms with Crippen molar-refractivity contribution in [1.29, 1.82) is 0 Å². The molecule has 0 saturated heterocycles. The highest BCUT2D eigenvalue weighted by molar-refractivity contribution is 7.15. The topological polar surface area (TPSA) is 12.0 Å². The first-order valence-electron chi connectivity index (χ1n) is 6.24. The van der Waals surface area contributed by atoms with Gasteiger partial charge in [0.25, 0.3) is 0 Å². The van der Waals surface area contributed by atoms with Gasteiger partial charge in [-0.1, -0.05) is 42.0 Å². The predicted molar refractivity (Wildman–Crippen MR) is 80.9 cm³/mol. The van der Waals surface area contributed by atoms with Gasteiger partial charge in [0.2, 0.25) is 0 Å². The number of rotatable bonds is 5. The van der Waals surface area contributed by atoms with Gasteiger partial charge in [-0.05, 0) is 31.5 Å². The van der Waals surface area contributed by atoms with Gasteiger partial charge in [-0.25, -0.2) is 0 Å². The van der Waals surface area contributed by atoms with Crippen LogP contribution in [0.15, 0.2) is 54.1 Å². The third-order valence-corrected chi connectivity index (χ3v) is 3.81. The van der Waals surface area contributed by atoms with Crippen molar-refractivity contribution in [1.82, 2.24) is 5.32 Å². The molecule has 2 aromatic rings. The quantitative estimate of drug-likeness (QED) is 0.615. The Hall–Kier alpha value is -1.38. The molecule has 0 fully saturated rings. The fourth-order valence-electron chi connectivity index (χ4n) is 1.70. The van der Waals surface area contributed by atoms with Gasteiger partial charge < -0.3 is 5.32 Å². The summed E-state index contributed by atoms with van der Waals surface area (Å²) in [5.41, 5.74) is 2.66. The van der Waals surface area contributed by atoms with Crippen LogP contribution in [0.2, 0.25) is 0 Å². The summed E-state index contributed by atoms with van der Waals surface area (Å²) in [4.78, 5) is 2.73. The van der Waals surface area contributed by atoms with Gasteiger partial charge in [-0.2, -0.15) is 0 Å². The molecule has 94 valence electrons. The average molecular weight is 257 g/mol. The molecule has 1 N–H and O–H groups in total. The molecule has 1 nitrogen and oxygen atoms in total. The molecular formula is C16H19NS. The number of thiophene rings is 1. The van der Waals surface area contributed by atoms with Crippen LogP contribution in [0.25, 0.3) is 10.4 Å². The summed E-state index contributed by atoms with van der Waals surface area (Å²) in [5, 5.41) is 3.43. The van der Waals surface area contributed by atoms with Crippen LogP contribution in [0.5, 0.6) is 0 Å². The molecule has 0 atom stereocenters. The Morgan fingerprint density at radius 2 is 1.89 bits per heavy atom. The first-order valence-corrected chi connectivity index (χ1v) is 7.05. The Bertz CT molecular complexity index is 507. The number of allylic oxidation sites excluding steroid dienone is 1. The monoisotopic (exact) mass is 257 g/mol. The Kier molecular flexibility index (Phi) is 4.73. The molecule has 1 heterocycles. The molecule has 0 aliphatic rings. The van der Waals surface area contributed by atoms with Crippen LogP contribution >= 0.6 is 11.3 Å². The number of hydrogen-bond acceptors (Lipinski definition) is 2. The van der Waals surface area contributed by atoms with E-state index in [0.717, 1.165) is 13.1 Å². The zero-order valence-electron chi connectivity index (χ0n) is 10.9. The minimum atomic E-state index is 0.945. The zero-order chi connectivity index (χ0) is 12.8. The van der Waals surface area contributed by atoms with E-state index in [1.54, 1.807) is 0 Å². The predicted octanol–water partition coefficient (Wildman–Crippen LogP) is 4.47. The third kappa shape index (κ3) is 3.83. The summed E-state index contributed by atoms with van der Waals surface area (Å²) >= 11 is 1.86. The molecule has 18 heavy (non-hydrogen) atoms. The van der Waals surface area contributed by atoms with Crippen LogP contribution in [0, 0.1) is 0 Å². The highest BCUT2D eigenvalue weighted by Gasteiger charge is 2.01. The van der Waals surface area contributed by atoms with E-state index in [1.807, 2.05) is 11.3 Å². The lowest BCUT2D eigenvalue weighted by molar-refractivity contribution is 0.767. The van der Waals surface area contributed by atoms with Crippen LogP contribution in [0.3, 0.4) is 0 Å². The number of benzene rings is 1. The highest BCUT2D eigenvalue weighted by atomic mass is 32.1. The number of hydrogen-bond donors (Lipinski definition) is 1. The van der Waals surface area contributed by atoms with Gasteiger partial charge in [0.1, 0.15) is 0 Å². The lowest BCUT2D eigenvalue weighted by atomic mass is 10.2. The summed E-state index contributed by atoms with van der Waals surface area (Å²) in [6.45, 7) is 6.14. The van der Waals surface area contributed by atoms with Gasteiger partial charge in [0, 0.05) is 22.8 Å². The molecular weight excluding hydrogens is 238 g/mol. The van der Waals surface area contributed by atoms with Gasteiger partial charge in [0.15, 0.2) is 0 Å². The van der Waals surface area contributed by atoms with Crippen molar-refractivity contribution in [3.05, 3.63) is 59.0 Å². The van der Waals surface area contributed by atoms with Gasteiger partial charge in [-0.15, -0.1) is 11.3 Å². The molecule has 0 aliphatic carbocycles. The highest BCUT2D eigenvalue weighted by Crippen LogP contribution is 2.27.